The lowest BCUT2D eigenvalue weighted by atomic mass is 10.1. The van der Waals surface area contributed by atoms with E-state index in [2.05, 4.69) is 56.0 Å². The van der Waals surface area contributed by atoms with Crippen LogP contribution in [-0.4, -0.2) is 24.1 Å². The molecule has 1 unspecified atom stereocenters. The standard InChI is InChI=1S/C15H27N3/c1-6-8-13(4)18(5)15-14(9-7-10-16-15)11-17-12(2)3/h7,9-10,12-13,17H,6,8,11H2,1-5H3. The summed E-state index contributed by atoms with van der Waals surface area (Å²) in [6.07, 6.45) is 4.28. The summed E-state index contributed by atoms with van der Waals surface area (Å²) in [6.45, 7) is 9.70. The Labute approximate surface area is 112 Å². The van der Waals surface area contributed by atoms with Gasteiger partial charge in [-0.1, -0.05) is 33.3 Å². The van der Waals surface area contributed by atoms with Gasteiger partial charge in [0.15, 0.2) is 0 Å². The first-order valence-electron chi connectivity index (χ1n) is 6.96. The zero-order chi connectivity index (χ0) is 13.5. The quantitative estimate of drug-likeness (QED) is 0.804. The molecule has 0 aliphatic rings. The molecule has 1 heterocycles. The van der Waals surface area contributed by atoms with Crippen molar-refractivity contribution in [3.8, 4) is 0 Å². The first-order valence-corrected chi connectivity index (χ1v) is 6.96. The molecule has 1 aromatic rings. The molecule has 0 bridgehead atoms. The van der Waals surface area contributed by atoms with E-state index in [-0.39, 0.29) is 0 Å². The molecule has 3 nitrogen and oxygen atoms in total. The van der Waals surface area contributed by atoms with Crippen molar-refractivity contribution in [2.45, 2.75) is 59.2 Å². The molecule has 0 aliphatic carbocycles. The summed E-state index contributed by atoms with van der Waals surface area (Å²) in [5.74, 6) is 1.10. The third-order valence-electron chi connectivity index (χ3n) is 3.27. The monoisotopic (exact) mass is 249 g/mol. The van der Waals surface area contributed by atoms with Gasteiger partial charge in [-0.15, -0.1) is 0 Å². The first kappa shape index (κ1) is 15.0. The fraction of sp³-hybridized carbons (Fsp3) is 0.667. The average molecular weight is 249 g/mol. The van der Waals surface area contributed by atoms with Crippen molar-refractivity contribution in [1.82, 2.24) is 10.3 Å². The molecule has 1 atom stereocenters. The molecule has 0 aliphatic heterocycles. The third kappa shape index (κ3) is 4.30. The van der Waals surface area contributed by atoms with E-state index in [1.54, 1.807) is 0 Å². The van der Waals surface area contributed by atoms with E-state index in [1.807, 2.05) is 12.3 Å². The lowest BCUT2D eigenvalue weighted by molar-refractivity contribution is 0.578. The molecule has 0 radical (unpaired) electrons. The molecule has 1 aromatic heterocycles. The summed E-state index contributed by atoms with van der Waals surface area (Å²) >= 11 is 0. The zero-order valence-corrected chi connectivity index (χ0v) is 12.4. The van der Waals surface area contributed by atoms with Crippen LogP contribution in [0, 0.1) is 0 Å². The van der Waals surface area contributed by atoms with E-state index < -0.39 is 0 Å². The first-order chi connectivity index (χ1) is 8.56. The number of pyridine rings is 1. The van der Waals surface area contributed by atoms with Gasteiger partial charge < -0.3 is 10.2 Å². The van der Waals surface area contributed by atoms with Crippen LogP contribution in [0.25, 0.3) is 0 Å². The van der Waals surface area contributed by atoms with Gasteiger partial charge in [0, 0.05) is 37.4 Å². The van der Waals surface area contributed by atoms with Crippen molar-refractivity contribution in [2.24, 2.45) is 0 Å². The fourth-order valence-electron chi connectivity index (χ4n) is 2.02. The highest BCUT2D eigenvalue weighted by molar-refractivity contribution is 5.46. The average Bonchev–Trinajstić information content (AvgIpc) is 2.36. The molecular weight excluding hydrogens is 222 g/mol. The van der Waals surface area contributed by atoms with Crippen LogP contribution in [0.5, 0.6) is 0 Å². The van der Waals surface area contributed by atoms with Gasteiger partial charge in [0.1, 0.15) is 5.82 Å². The summed E-state index contributed by atoms with van der Waals surface area (Å²) < 4.78 is 0. The van der Waals surface area contributed by atoms with Gasteiger partial charge in [-0.05, 0) is 19.4 Å². The van der Waals surface area contributed by atoms with Crippen molar-refractivity contribution >= 4 is 5.82 Å². The van der Waals surface area contributed by atoms with E-state index in [0.29, 0.717) is 12.1 Å². The smallest absolute Gasteiger partial charge is 0.132 e. The Balaban J connectivity index is 2.80. The Morgan fingerprint density at radius 2 is 2.06 bits per heavy atom. The molecule has 1 rings (SSSR count). The van der Waals surface area contributed by atoms with Crippen molar-refractivity contribution in [3.05, 3.63) is 23.9 Å². The third-order valence-corrected chi connectivity index (χ3v) is 3.27. The second-order valence-electron chi connectivity index (χ2n) is 5.27. The Kier molecular flexibility index (Phi) is 6.13. The minimum absolute atomic E-state index is 0.497. The molecule has 0 amide bonds. The van der Waals surface area contributed by atoms with Gasteiger partial charge in [-0.2, -0.15) is 0 Å². The number of hydrogen-bond donors (Lipinski definition) is 1. The fourth-order valence-corrected chi connectivity index (χ4v) is 2.02. The van der Waals surface area contributed by atoms with Crippen molar-refractivity contribution in [2.75, 3.05) is 11.9 Å². The lowest BCUT2D eigenvalue weighted by Crippen LogP contribution is -2.31. The van der Waals surface area contributed by atoms with E-state index in [9.17, 15) is 0 Å². The number of aromatic nitrogens is 1. The van der Waals surface area contributed by atoms with E-state index >= 15 is 0 Å². The molecule has 1 N–H and O–H groups in total. The molecule has 0 spiro atoms. The van der Waals surface area contributed by atoms with Crippen LogP contribution in [0.4, 0.5) is 5.82 Å². The number of nitrogens with one attached hydrogen (secondary N) is 1. The van der Waals surface area contributed by atoms with Gasteiger partial charge >= 0.3 is 0 Å². The number of rotatable bonds is 7. The van der Waals surface area contributed by atoms with Crippen molar-refractivity contribution in [1.29, 1.82) is 0 Å². The van der Waals surface area contributed by atoms with E-state index in [4.69, 9.17) is 0 Å². The van der Waals surface area contributed by atoms with Crippen LogP contribution in [0.3, 0.4) is 0 Å². The SMILES string of the molecule is CCCC(C)N(C)c1ncccc1CNC(C)C. The van der Waals surface area contributed by atoms with Crippen LogP contribution in [0.1, 0.15) is 46.1 Å². The molecule has 0 saturated carbocycles. The van der Waals surface area contributed by atoms with Crippen molar-refractivity contribution in [3.63, 3.8) is 0 Å². The van der Waals surface area contributed by atoms with E-state index in [0.717, 1.165) is 12.4 Å². The maximum absolute atomic E-state index is 4.55. The number of nitrogens with zero attached hydrogens (tertiary/aromatic N) is 2. The van der Waals surface area contributed by atoms with Crippen LogP contribution < -0.4 is 10.2 Å². The van der Waals surface area contributed by atoms with Crippen LogP contribution in [0.2, 0.25) is 0 Å². The lowest BCUT2D eigenvalue weighted by Gasteiger charge is -2.28. The largest absolute Gasteiger partial charge is 0.357 e. The normalized spacial score (nSPS) is 12.8. The maximum atomic E-state index is 4.55. The summed E-state index contributed by atoms with van der Waals surface area (Å²) in [6, 6.07) is 5.20. The Morgan fingerprint density at radius 3 is 2.67 bits per heavy atom. The van der Waals surface area contributed by atoms with Gasteiger partial charge in [0.2, 0.25) is 0 Å². The molecule has 0 aromatic carbocycles. The summed E-state index contributed by atoms with van der Waals surface area (Å²) in [4.78, 5) is 6.84. The van der Waals surface area contributed by atoms with Gasteiger partial charge in [0.05, 0.1) is 0 Å². The molecule has 18 heavy (non-hydrogen) atoms. The topological polar surface area (TPSA) is 28.2 Å². The molecule has 0 fully saturated rings. The highest BCUT2D eigenvalue weighted by Gasteiger charge is 2.13. The minimum atomic E-state index is 0.497. The zero-order valence-electron chi connectivity index (χ0n) is 12.4. The Morgan fingerprint density at radius 1 is 1.33 bits per heavy atom. The van der Waals surface area contributed by atoms with Crippen LogP contribution >= 0.6 is 0 Å². The number of anilines is 1. The summed E-state index contributed by atoms with van der Waals surface area (Å²) in [5, 5.41) is 3.46. The van der Waals surface area contributed by atoms with E-state index in [1.165, 1.54) is 18.4 Å². The van der Waals surface area contributed by atoms with Gasteiger partial charge in [-0.25, -0.2) is 4.98 Å². The summed E-state index contributed by atoms with van der Waals surface area (Å²) in [5.41, 5.74) is 1.27. The molecular formula is C15H27N3. The predicted octanol–water partition coefficient (Wildman–Crippen LogP) is 3.20. The molecule has 102 valence electrons. The van der Waals surface area contributed by atoms with Crippen LogP contribution in [-0.2, 0) is 6.54 Å². The molecule has 3 heteroatoms. The predicted molar refractivity (Wildman–Crippen MR) is 79.0 cm³/mol. The highest BCUT2D eigenvalue weighted by Crippen LogP contribution is 2.19. The molecule has 0 saturated heterocycles. The summed E-state index contributed by atoms with van der Waals surface area (Å²) in [7, 11) is 2.14. The maximum Gasteiger partial charge on any atom is 0.132 e. The second kappa shape index (κ2) is 7.37. The second-order valence-corrected chi connectivity index (χ2v) is 5.27. The van der Waals surface area contributed by atoms with Gasteiger partial charge in [-0.3, -0.25) is 0 Å². The Hall–Kier alpha value is -1.09. The Bertz CT molecular complexity index is 349. The van der Waals surface area contributed by atoms with Crippen molar-refractivity contribution < 1.29 is 0 Å². The van der Waals surface area contributed by atoms with Gasteiger partial charge in [0.25, 0.3) is 0 Å². The van der Waals surface area contributed by atoms with Crippen LogP contribution in [0.15, 0.2) is 18.3 Å². The highest BCUT2D eigenvalue weighted by atomic mass is 15.2. The minimum Gasteiger partial charge on any atom is -0.357 e. The number of hydrogen-bond acceptors (Lipinski definition) is 3.